The monoisotopic (exact) mass is 260 g/mol. The van der Waals surface area contributed by atoms with Gasteiger partial charge in [0.05, 0.1) is 11.0 Å². The summed E-state index contributed by atoms with van der Waals surface area (Å²) in [6.07, 6.45) is -4.38. The fraction of sp³-hybridized carbons (Fsp3) is 0.417. The third kappa shape index (κ3) is 3.46. The summed E-state index contributed by atoms with van der Waals surface area (Å²) in [5.41, 5.74) is 4.23. The molecule has 0 aromatic heterocycles. The Balaban J connectivity index is 2.79. The lowest BCUT2D eigenvalue weighted by molar-refractivity contribution is -0.137. The van der Waals surface area contributed by atoms with Crippen molar-refractivity contribution in [3.05, 3.63) is 29.8 Å². The summed E-state index contributed by atoms with van der Waals surface area (Å²) in [7, 11) is 0. The van der Waals surface area contributed by atoms with Gasteiger partial charge in [-0.3, -0.25) is 4.79 Å². The van der Waals surface area contributed by atoms with E-state index in [4.69, 9.17) is 5.73 Å². The molecule has 1 aromatic rings. The summed E-state index contributed by atoms with van der Waals surface area (Å²) in [5.74, 6) is -0.329. The van der Waals surface area contributed by atoms with E-state index in [2.05, 4.69) is 5.32 Å². The molecule has 0 fully saturated rings. The van der Waals surface area contributed by atoms with Crippen LogP contribution in [0.15, 0.2) is 24.3 Å². The van der Waals surface area contributed by atoms with Crippen LogP contribution in [0.5, 0.6) is 0 Å². The molecule has 6 heteroatoms. The van der Waals surface area contributed by atoms with Crippen LogP contribution in [0.3, 0.4) is 0 Å². The molecule has 1 rings (SSSR count). The second-order valence-electron chi connectivity index (χ2n) is 4.62. The van der Waals surface area contributed by atoms with E-state index in [1.807, 2.05) is 0 Å². The molecule has 0 saturated carbocycles. The molecular formula is C12H15F3N2O. The maximum absolute atomic E-state index is 12.3. The molecular weight excluding hydrogens is 245 g/mol. The minimum Gasteiger partial charge on any atom is -0.329 e. The van der Waals surface area contributed by atoms with Crippen molar-refractivity contribution in [2.24, 2.45) is 11.1 Å². The van der Waals surface area contributed by atoms with Crippen LogP contribution in [-0.2, 0) is 11.0 Å². The van der Waals surface area contributed by atoms with Crippen LogP contribution in [0.1, 0.15) is 19.4 Å². The third-order valence-corrected chi connectivity index (χ3v) is 2.60. The largest absolute Gasteiger partial charge is 0.416 e. The molecule has 0 unspecified atom stereocenters. The highest BCUT2D eigenvalue weighted by molar-refractivity contribution is 5.94. The maximum atomic E-state index is 12.3. The third-order valence-electron chi connectivity index (χ3n) is 2.60. The predicted octanol–water partition coefficient (Wildman–Crippen LogP) is 2.63. The van der Waals surface area contributed by atoms with Gasteiger partial charge in [-0.15, -0.1) is 0 Å². The highest BCUT2D eigenvalue weighted by Gasteiger charge is 2.30. The average Bonchev–Trinajstić information content (AvgIpc) is 2.28. The Morgan fingerprint density at radius 3 is 2.11 bits per heavy atom. The van der Waals surface area contributed by atoms with Crippen LogP contribution in [0, 0.1) is 5.41 Å². The number of nitrogens with one attached hydrogen (secondary N) is 1. The smallest absolute Gasteiger partial charge is 0.329 e. The van der Waals surface area contributed by atoms with Gasteiger partial charge >= 0.3 is 6.18 Å². The van der Waals surface area contributed by atoms with Crippen molar-refractivity contribution in [1.82, 2.24) is 0 Å². The molecule has 0 radical (unpaired) electrons. The number of alkyl halides is 3. The number of amides is 1. The number of halogens is 3. The fourth-order valence-corrected chi connectivity index (χ4v) is 1.14. The summed E-state index contributed by atoms with van der Waals surface area (Å²) in [6.45, 7) is 3.47. The first-order valence-electron chi connectivity index (χ1n) is 5.35. The van der Waals surface area contributed by atoms with Crippen molar-refractivity contribution in [2.75, 3.05) is 11.9 Å². The number of rotatable bonds is 3. The average molecular weight is 260 g/mol. The Morgan fingerprint density at radius 1 is 1.22 bits per heavy atom. The van der Waals surface area contributed by atoms with E-state index in [0.717, 1.165) is 12.1 Å². The van der Waals surface area contributed by atoms with Gasteiger partial charge in [-0.1, -0.05) is 0 Å². The number of carbonyl (C=O) groups excluding carboxylic acids is 1. The number of hydrogen-bond donors (Lipinski definition) is 2. The summed E-state index contributed by atoms with van der Waals surface area (Å²) in [5, 5.41) is 2.53. The number of benzene rings is 1. The first-order chi connectivity index (χ1) is 8.16. The van der Waals surface area contributed by atoms with Crippen molar-refractivity contribution in [2.45, 2.75) is 20.0 Å². The van der Waals surface area contributed by atoms with Gasteiger partial charge in [0, 0.05) is 12.2 Å². The highest BCUT2D eigenvalue weighted by Crippen LogP contribution is 2.30. The molecule has 0 aliphatic carbocycles. The van der Waals surface area contributed by atoms with Crippen LogP contribution >= 0.6 is 0 Å². The van der Waals surface area contributed by atoms with Gasteiger partial charge < -0.3 is 11.1 Å². The van der Waals surface area contributed by atoms with Crippen molar-refractivity contribution in [1.29, 1.82) is 0 Å². The van der Waals surface area contributed by atoms with E-state index < -0.39 is 17.2 Å². The van der Waals surface area contributed by atoms with Crippen molar-refractivity contribution < 1.29 is 18.0 Å². The summed E-state index contributed by atoms with van der Waals surface area (Å²) in [4.78, 5) is 11.7. The molecule has 0 aliphatic heterocycles. The Morgan fingerprint density at radius 2 is 1.72 bits per heavy atom. The molecule has 1 aromatic carbocycles. The minimum absolute atomic E-state index is 0.152. The van der Waals surface area contributed by atoms with Crippen LogP contribution < -0.4 is 11.1 Å². The van der Waals surface area contributed by atoms with Crippen LogP contribution in [0.2, 0.25) is 0 Å². The van der Waals surface area contributed by atoms with E-state index in [0.29, 0.717) is 5.69 Å². The number of hydrogen-bond acceptors (Lipinski definition) is 2. The Hall–Kier alpha value is -1.56. The maximum Gasteiger partial charge on any atom is 0.416 e. The van der Waals surface area contributed by atoms with E-state index >= 15 is 0 Å². The fourth-order valence-electron chi connectivity index (χ4n) is 1.14. The quantitative estimate of drug-likeness (QED) is 0.877. The molecule has 0 atom stereocenters. The molecule has 0 saturated heterocycles. The number of anilines is 1. The lowest BCUT2D eigenvalue weighted by atomic mass is 9.92. The molecule has 3 N–H and O–H groups in total. The second kappa shape index (κ2) is 4.97. The van der Waals surface area contributed by atoms with Crippen molar-refractivity contribution in [3.63, 3.8) is 0 Å². The lowest BCUT2D eigenvalue weighted by Crippen LogP contribution is -2.37. The highest BCUT2D eigenvalue weighted by atomic mass is 19.4. The standard InChI is InChI=1S/C12H15F3N2O/c1-11(2,7-16)10(18)17-9-5-3-8(4-6-9)12(13,14)15/h3-6H,7,16H2,1-2H3,(H,17,18). The van der Waals surface area contributed by atoms with Gasteiger partial charge in [-0.25, -0.2) is 0 Å². The van der Waals surface area contributed by atoms with Crippen LogP contribution in [-0.4, -0.2) is 12.5 Å². The molecule has 0 bridgehead atoms. The topological polar surface area (TPSA) is 55.1 Å². The summed E-state index contributed by atoms with van der Waals surface area (Å²) < 4.78 is 37.0. The Kier molecular flexibility index (Phi) is 4.01. The van der Waals surface area contributed by atoms with Crippen LogP contribution in [0.25, 0.3) is 0 Å². The summed E-state index contributed by atoms with van der Waals surface area (Å²) >= 11 is 0. The molecule has 100 valence electrons. The zero-order chi connectivity index (χ0) is 14.0. The minimum atomic E-state index is -4.38. The molecule has 0 spiro atoms. The first kappa shape index (κ1) is 14.5. The Labute approximate surface area is 103 Å². The lowest BCUT2D eigenvalue weighted by Gasteiger charge is -2.21. The van der Waals surface area contributed by atoms with E-state index in [9.17, 15) is 18.0 Å². The van der Waals surface area contributed by atoms with Gasteiger partial charge in [0.15, 0.2) is 0 Å². The normalized spacial score (nSPS) is 12.3. The zero-order valence-electron chi connectivity index (χ0n) is 10.1. The van der Waals surface area contributed by atoms with E-state index in [1.165, 1.54) is 12.1 Å². The first-order valence-corrected chi connectivity index (χ1v) is 5.35. The summed E-state index contributed by atoms with van der Waals surface area (Å²) in [6, 6.07) is 4.27. The van der Waals surface area contributed by atoms with Crippen LogP contribution in [0.4, 0.5) is 18.9 Å². The van der Waals surface area contributed by atoms with Crippen molar-refractivity contribution in [3.8, 4) is 0 Å². The van der Waals surface area contributed by atoms with Gasteiger partial charge in [-0.05, 0) is 38.1 Å². The van der Waals surface area contributed by atoms with Gasteiger partial charge in [-0.2, -0.15) is 13.2 Å². The molecule has 0 aliphatic rings. The van der Waals surface area contributed by atoms with E-state index in [1.54, 1.807) is 13.8 Å². The second-order valence-corrected chi connectivity index (χ2v) is 4.62. The predicted molar refractivity (Wildman–Crippen MR) is 62.9 cm³/mol. The molecule has 0 heterocycles. The molecule has 3 nitrogen and oxygen atoms in total. The number of carbonyl (C=O) groups is 1. The van der Waals surface area contributed by atoms with Gasteiger partial charge in [0.2, 0.25) is 5.91 Å². The zero-order valence-corrected chi connectivity index (χ0v) is 10.1. The number of nitrogens with two attached hydrogens (primary N) is 1. The van der Waals surface area contributed by atoms with E-state index in [-0.39, 0.29) is 12.5 Å². The molecule has 18 heavy (non-hydrogen) atoms. The van der Waals surface area contributed by atoms with Crippen molar-refractivity contribution >= 4 is 11.6 Å². The molecule has 1 amide bonds. The van der Waals surface area contributed by atoms with Gasteiger partial charge in [0.25, 0.3) is 0 Å². The van der Waals surface area contributed by atoms with Gasteiger partial charge in [0.1, 0.15) is 0 Å². The SMILES string of the molecule is CC(C)(CN)C(=O)Nc1ccc(C(F)(F)F)cc1. The Bertz CT molecular complexity index is 424.